The molecular weight excluding hydrogens is 504 g/mol. The Morgan fingerprint density at radius 2 is 1.38 bits per heavy atom. The van der Waals surface area contributed by atoms with E-state index in [2.05, 4.69) is 24.3 Å². The van der Waals surface area contributed by atoms with Gasteiger partial charge < -0.3 is 24.0 Å². The van der Waals surface area contributed by atoms with Gasteiger partial charge in [0.2, 0.25) is 17.6 Å². The Kier molecular flexibility index (Phi) is 9.70. The standard InChI is InChI=1S/C33H40N2O5/c1-23-32(36)34(2)28(33(37)35(23)19-11-7-10-14-24-12-8-6-9-13-24)20-25-15-17-26(18-16-25)27-21-29(38-3)31(40-5)30(22-27)39-4/h6,8-9,12-13,15-18,21-23,28H,7,10-11,14,19-20H2,1-5H3/t23-,28-/m0/s1. The molecule has 2 atom stereocenters. The number of hydrogen-bond acceptors (Lipinski definition) is 5. The Balaban J connectivity index is 1.41. The van der Waals surface area contributed by atoms with Gasteiger partial charge in [0, 0.05) is 20.0 Å². The molecule has 1 aliphatic rings. The molecule has 0 N–H and O–H groups in total. The van der Waals surface area contributed by atoms with Crippen LogP contribution >= 0.6 is 0 Å². The Labute approximate surface area is 237 Å². The minimum absolute atomic E-state index is 0.0112. The molecule has 0 bridgehead atoms. The molecule has 1 saturated heterocycles. The molecule has 0 aliphatic carbocycles. The van der Waals surface area contributed by atoms with Crippen LogP contribution in [0.25, 0.3) is 11.1 Å². The fourth-order valence-electron chi connectivity index (χ4n) is 5.39. The van der Waals surface area contributed by atoms with Gasteiger partial charge in [-0.3, -0.25) is 9.59 Å². The first-order valence-electron chi connectivity index (χ1n) is 13.9. The van der Waals surface area contributed by atoms with E-state index in [-0.39, 0.29) is 11.8 Å². The number of nitrogens with zero attached hydrogens (tertiary/aromatic N) is 2. The van der Waals surface area contributed by atoms with Crippen molar-refractivity contribution in [1.82, 2.24) is 9.80 Å². The third-order valence-electron chi connectivity index (χ3n) is 7.80. The number of carbonyl (C=O) groups excluding carboxylic acids is 2. The number of aryl methyl sites for hydroxylation is 1. The van der Waals surface area contributed by atoms with Gasteiger partial charge in [-0.25, -0.2) is 0 Å². The lowest BCUT2D eigenvalue weighted by molar-refractivity contribution is -0.159. The Morgan fingerprint density at radius 1 is 0.725 bits per heavy atom. The Morgan fingerprint density at radius 3 is 1.98 bits per heavy atom. The van der Waals surface area contributed by atoms with Crippen LogP contribution in [0.1, 0.15) is 37.3 Å². The summed E-state index contributed by atoms with van der Waals surface area (Å²) in [6.07, 6.45) is 4.46. The van der Waals surface area contributed by atoms with E-state index in [1.54, 1.807) is 38.2 Å². The molecule has 0 unspecified atom stereocenters. The van der Waals surface area contributed by atoms with E-state index in [0.29, 0.717) is 30.2 Å². The smallest absolute Gasteiger partial charge is 0.246 e. The topological polar surface area (TPSA) is 68.3 Å². The predicted octanol–water partition coefficient (Wildman–Crippen LogP) is 5.39. The summed E-state index contributed by atoms with van der Waals surface area (Å²) in [6, 6.07) is 21.4. The molecule has 7 heteroatoms. The largest absolute Gasteiger partial charge is 0.493 e. The van der Waals surface area contributed by atoms with Crippen molar-refractivity contribution >= 4 is 11.8 Å². The van der Waals surface area contributed by atoms with E-state index < -0.39 is 12.1 Å². The first-order chi connectivity index (χ1) is 19.4. The minimum atomic E-state index is -0.514. The molecule has 0 radical (unpaired) electrons. The van der Waals surface area contributed by atoms with E-state index in [1.807, 2.05) is 49.4 Å². The van der Waals surface area contributed by atoms with Gasteiger partial charge in [-0.1, -0.05) is 61.0 Å². The van der Waals surface area contributed by atoms with Crippen LogP contribution in [-0.2, 0) is 22.4 Å². The van der Waals surface area contributed by atoms with Gasteiger partial charge in [-0.15, -0.1) is 0 Å². The first kappa shape index (κ1) is 29.0. The van der Waals surface area contributed by atoms with E-state index in [0.717, 1.165) is 42.4 Å². The van der Waals surface area contributed by atoms with Crippen molar-refractivity contribution in [3.05, 3.63) is 77.9 Å². The second-order valence-corrected chi connectivity index (χ2v) is 10.3. The average Bonchev–Trinajstić information content (AvgIpc) is 2.99. The van der Waals surface area contributed by atoms with Crippen molar-refractivity contribution in [3.8, 4) is 28.4 Å². The van der Waals surface area contributed by atoms with Gasteiger partial charge >= 0.3 is 0 Å². The monoisotopic (exact) mass is 544 g/mol. The highest BCUT2D eigenvalue weighted by atomic mass is 16.5. The molecule has 1 aliphatic heterocycles. The summed E-state index contributed by atoms with van der Waals surface area (Å²) in [5, 5.41) is 0. The summed E-state index contributed by atoms with van der Waals surface area (Å²) >= 11 is 0. The highest BCUT2D eigenvalue weighted by Gasteiger charge is 2.41. The number of piperazine rings is 1. The lowest BCUT2D eigenvalue weighted by Gasteiger charge is -2.42. The molecule has 1 heterocycles. The van der Waals surface area contributed by atoms with Crippen LogP contribution in [0.5, 0.6) is 17.2 Å². The lowest BCUT2D eigenvalue weighted by atomic mass is 9.96. The number of benzene rings is 3. The van der Waals surface area contributed by atoms with Gasteiger partial charge in [0.25, 0.3) is 0 Å². The van der Waals surface area contributed by atoms with Crippen LogP contribution in [0.3, 0.4) is 0 Å². The van der Waals surface area contributed by atoms with Crippen LogP contribution in [-0.4, -0.2) is 68.6 Å². The Bertz CT molecular complexity index is 1270. The maximum absolute atomic E-state index is 13.6. The van der Waals surface area contributed by atoms with Crippen molar-refractivity contribution < 1.29 is 23.8 Å². The van der Waals surface area contributed by atoms with Gasteiger partial charge in [0.15, 0.2) is 11.5 Å². The first-order valence-corrected chi connectivity index (χ1v) is 13.9. The zero-order chi connectivity index (χ0) is 28.6. The number of likely N-dealkylation sites (N-methyl/N-ethyl adjacent to an activating group) is 1. The van der Waals surface area contributed by atoms with E-state index in [9.17, 15) is 9.59 Å². The van der Waals surface area contributed by atoms with Crippen molar-refractivity contribution in [3.63, 3.8) is 0 Å². The molecule has 40 heavy (non-hydrogen) atoms. The summed E-state index contributed by atoms with van der Waals surface area (Å²) < 4.78 is 16.4. The third-order valence-corrected chi connectivity index (χ3v) is 7.80. The van der Waals surface area contributed by atoms with Gasteiger partial charge in [-0.05, 0) is 60.6 Å². The van der Waals surface area contributed by atoms with Crippen molar-refractivity contribution in [2.24, 2.45) is 0 Å². The number of rotatable bonds is 12. The number of unbranched alkanes of at least 4 members (excludes halogenated alkanes) is 2. The normalized spacial score (nSPS) is 17.2. The number of hydrogen-bond donors (Lipinski definition) is 0. The fraction of sp³-hybridized carbons (Fsp3) is 0.394. The third kappa shape index (κ3) is 6.41. The average molecular weight is 545 g/mol. The predicted molar refractivity (Wildman–Crippen MR) is 157 cm³/mol. The van der Waals surface area contributed by atoms with Crippen LogP contribution in [0, 0.1) is 0 Å². The van der Waals surface area contributed by atoms with Crippen LogP contribution < -0.4 is 14.2 Å². The summed E-state index contributed by atoms with van der Waals surface area (Å²) in [6.45, 7) is 2.44. The zero-order valence-corrected chi connectivity index (χ0v) is 24.2. The molecule has 0 saturated carbocycles. The molecule has 4 rings (SSSR count). The summed E-state index contributed by atoms with van der Waals surface area (Å²) in [4.78, 5) is 30.0. The molecule has 7 nitrogen and oxygen atoms in total. The lowest BCUT2D eigenvalue weighted by Crippen LogP contribution is -2.63. The molecule has 3 aromatic rings. The van der Waals surface area contributed by atoms with Crippen LogP contribution in [0.15, 0.2) is 66.7 Å². The van der Waals surface area contributed by atoms with E-state index in [4.69, 9.17) is 14.2 Å². The number of ether oxygens (including phenoxy) is 3. The highest BCUT2D eigenvalue weighted by molar-refractivity contribution is 5.96. The summed E-state index contributed by atoms with van der Waals surface area (Å²) in [5.41, 5.74) is 4.23. The number of amides is 2. The highest BCUT2D eigenvalue weighted by Crippen LogP contribution is 2.41. The van der Waals surface area contributed by atoms with Crippen LogP contribution in [0.4, 0.5) is 0 Å². The second kappa shape index (κ2) is 13.4. The number of methoxy groups -OCH3 is 3. The number of carbonyl (C=O) groups is 2. The second-order valence-electron chi connectivity index (χ2n) is 10.3. The van der Waals surface area contributed by atoms with E-state index >= 15 is 0 Å². The molecule has 0 aromatic heterocycles. The van der Waals surface area contributed by atoms with E-state index in [1.165, 1.54) is 5.56 Å². The molecular formula is C33H40N2O5. The Hall–Kier alpha value is -4.00. The van der Waals surface area contributed by atoms with Crippen molar-refractivity contribution in [2.75, 3.05) is 34.9 Å². The fourth-order valence-corrected chi connectivity index (χ4v) is 5.39. The SMILES string of the molecule is COc1cc(-c2ccc(C[C@H]3C(=O)N(CCCCCc4ccccc4)[C@@H](C)C(=O)N3C)cc2)cc(OC)c1OC. The molecule has 1 fully saturated rings. The van der Waals surface area contributed by atoms with Crippen molar-refractivity contribution in [2.45, 2.75) is 51.1 Å². The quantitative estimate of drug-likeness (QED) is 0.286. The minimum Gasteiger partial charge on any atom is -0.493 e. The molecule has 2 amide bonds. The molecule has 212 valence electrons. The van der Waals surface area contributed by atoms with Crippen LogP contribution in [0.2, 0.25) is 0 Å². The van der Waals surface area contributed by atoms with Gasteiger partial charge in [0.05, 0.1) is 21.3 Å². The van der Waals surface area contributed by atoms with Gasteiger partial charge in [0.1, 0.15) is 12.1 Å². The van der Waals surface area contributed by atoms with Crippen molar-refractivity contribution in [1.29, 1.82) is 0 Å². The van der Waals surface area contributed by atoms with Gasteiger partial charge in [-0.2, -0.15) is 0 Å². The maximum Gasteiger partial charge on any atom is 0.246 e. The molecule has 0 spiro atoms. The maximum atomic E-state index is 13.6. The zero-order valence-electron chi connectivity index (χ0n) is 24.2. The summed E-state index contributed by atoms with van der Waals surface area (Å²) in [5.74, 6) is 1.73. The summed E-state index contributed by atoms with van der Waals surface area (Å²) in [7, 11) is 6.51. The molecule has 3 aromatic carbocycles.